The maximum atomic E-state index is 14.2. The van der Waals surface area contributed by atoms with E-state index in [1.54, 1.807) is 12.3 Å². The molecule has 0 radical (unpaired) electrons. The first-order valence-electron chi connectivity index (χ1n) is 11.4. The maximum absolute atomic E-state index is 14.2. The first-order chi connectivity index (χ1) is 15.2. The van der Waals surface area contributed by atoms with E-state index in [1.165, 1.54) is 30.0 Å². The second-order valence-corrected chi connectivity index (χ2v) is 9.23. The molecule has 1 N–H and O–H groups in total. The number of rotatable bonds is 4. The number of nitrogens with zero attached hydrogens (tertiary/aromatic N) is 3. The van der Waals surface area contributed by atoms with Crippen molar-refractivity contribution in [2.45, 2.75) is 56.5 Å². The van der Waals surface area contributed by atoms with Crippen LogP contribution in [0.4, 0.5) is 4.39 Å². The van der Waals surface area contributed by atoms with Gasteiger partial charge in [-0.1, -0.05) is 18.2 Å². The zero-order valence-corrected chi connectivity index (χ0v) is 17.4. The number of hydrogen-bond acceptors (Lipinski definition) is 3. The summed E-state index contributed by atoms with van der Waals surface area (Å²) in [6, 6.07) is 11.6. The average Bonchev–Trinajstić information content (AvgIpc) is 3.54. The molecule has 158 valence electrons. The van der Waals surface area contributed by atoms with E-state index in [2.05, 4.69) is 26.5 Å². The van der Waals surface area contributed by atoms with E-state index in [9.17, 15) is 9.50 Å². The second kappa shape index (κ2) is 7.41. The van der Waals surface area contributed by atoms with Crippen LogP contribution in [-0.2, 0) is 0 Å². The summed E-state index contributed by atoms with van der Waals surface area (Å²) in [5.41, 5.74) is 5.02. The number of aromatic nitrogens is 3. The molecular formula is C26H26FN3O. The summed E-state index contributed by atoms with van der Waals surface area (Å²) in [7, 11) is 0. The van der Waals surface area contributed by atoms with Gasteiger partial charge in [0.25, 0.3) is 0 Å². The fraction of sp³-hybridized carbons (Fsp3) is 0.385. The van der Waals surface area contributed by atoms with Crippen LogP contribution in [0.25, 0.3) is 16.4 Å². The topological polar surface area (TPSA) is 50.4 Å². The molecule has 2 fully saturated rings. The first kappa shape index (κ1) is 18.9. The van der Waals surface area contributed by atoms with Crippen molar-refractivity contribution in [1.82, 2.24) is 14.4 Å². The zero-order chi connectivity index (χ0) is 20.9. The van der Waals surface area contributed by atoms with E-state index >= 15 is 0 Å². The van der Waals surface area contributed by atoms with Gasteiger partial charge >= 0.3 is 0 Å². The summed E-state index contributed by atoms with van der Waals surface area (Å²) in [5, 5.41) is 12.4. The Bertz CT molecular complexity index is 1250. The summed E-state index contributed by atoms with van der Waals surface area (Å²) in [4.78, 5) is 8.56. The van der Waals surface area contributed by atoms with Crippen molar-refractivity contribution in [3.63, 3.8) is 0 Å². The molecule has 1 aromatic carbocycles. The van der Waals surface area contributed by atoms with Gasteiger partial charge < -0.3 is 9.51 Å². The van der Waals surface area contributed by atoms with Crippen LogP contribution in [0.2, 0.25) is 0 Å². The molecule has 0 aliphatic heterocycles. The highest BCUT2D eigenvalue weighted by molar-refractivity contribution is 5.83. The molecule has 4 aromatic rings. The highest BCUT2D eigenvalue weighted by Crippen LogP contribution is 2.47. The molecule has 0 bridgehead atoms. The molecule has 4 nitrogen and oxygen atoms in total. The minimum Gasteiger partial charge on any atom is -0.387 e. The lowest BCUT2D eigenvalue weighted by Gasteiger charge is -2.33. The van der Waals surface area contributed by atoms with E-state index in [4.69, 9.17) is 0 Å². The van der Waals surface area contributed by atoms with Crippen LogP contribution in [0.5, 0.6) is 0 Å². The van der Waals surface area contributed by atoms with Crippen molar-refractivity contribution in [3.05, 3.63) is 77.8 Å². The van der Waals surface area contributed by atoms with Gasteiger partial charge in [0.2, 0.25) is 0 Å². The first-order valence-corrected chi connectivity index (χ1v) is 11.4. The Hall–Kier alpha value is -2.79. The highest BCUT2D eigenvalue weighted by atomic mass is 19.1. The number of aliphatic hydroxyl groups excluding tert-OH is 1. The lowest BCUT2D eigenvalue weighted by molar-refractivity contribution is 0.0755. The van der Waals surface area contributed by atoms with Gasteiger partial charge in [-0.2, -0.15) is 0 Å². The van der Waals surface area contributed by atoms with Crippen LogP contribution < -0.4 is 0 Å². The Kier molecular flexibility index (Phi) is 4.53. The predicted octanol–water partition coefficient (Wildman–Crippen LogP) is 5.91. The van der Waals surface area contributed by atoms with Gasteiger partial charge in [-0.15, -0.1) is 0 Å². The lowest BCUT2D eigenvalue weighted by atomic mass is 9.75. The molecule has 2 aliphatic rings. The Morgan fingerprint density at radius 3 is 2.52 bits per heavy atom. The van der Waals surface area contributed by atoms with Crippen LogP contribution in [0.1, 0.15) is 73.3 Å². The van der Waals surface area contributed by atoms with Crippen molar-refractivity contribution in [2.24, 2.45) is 5.92 Å². The van der Waals surface area contributed by atoms with Crippen molar-refractivity contribution >= 4 is 16.4 Å². The molecule has 2 aliphatic carbocycles. The number of benzene rings is 1. The quantitative estimate of drug-likeness (QED) is 0.451. The van der Waals surface area contributed by atoms with Crippen molar-refractivity contribution in [1.29, 1.82) is 0 Å². The average molecular weight is 416 g/mol. The number of fused-ring (bicyclic) bond motifs is 2. The van der Waals surface area contributed by atoms with Crippen LogP contribution in [0.3, 0.4) is 0 Å². The van der Waals surface area contributed by atoms with E-state index in [-0.39, 0.29) is 11.7 Å². The number of pyridine rings is 2. The molecule has 0 unspecified atom stereocenters. The van der Waals surface area contributed by atoms with Crippen LogP contribution in [0, 0.1) is 11.7 Å². The van der Waals surface area contributed by atoms with Gasteiger partial charge in [-0.3, -0.25) is 4.98 Å². The normalized spacial score (nSPS) is 22.8. The smallest absolute Gasteiger partial charge is 0.149 e. The third kappa shape index (κ3) is 3.23. The summed E-state index contributed by atoms with van der Waals surface area (Å²) in [5.74, 6) is 0.921. The molecule has 2 saturated carbocycles. The second-order valence-electron chi connectivity index (χ2n) is 9.23. The number of hydrogen-bond donors (Lipinski definition) is 1. The van der Waals surface area contributed by atoms with Crippen molar-refractivity contribution in [2.75, 3.05) is 0 Å². The minimum absolute atomic E-state index is 0.228. The Morgan fingerprint density at radius 1 is 0.935 bits per heavy atom. The van der Waals surface area contributed by atoms with Gasteiger partial charge in [0.1, 0.15) is 11.3 Å². The Balaban J connectivity index is 1.27. The molecule has 6 rings (SSSR count). The van der Waals surface area contributed by atoms with Gasteiger partial charge in [0.05, 0.1) is 29.8 Å². The SMILES string of the molecule is O[C@@H](c1c(C2CC2)ccc2cncn12)C1CCC(c2ccnc3c(F)cccc23)CC1. The predicted molar refractivity (Wildman–Crippen MR) is 119 cm³/mol. The number of imidazole rings is 1. The third-order valence-corrected chi connectivity index (χ3v) is 7.37. The molecule has 0 spiro atoms. The standard InChI is InChI=1S/C26H26FN3O/c27-23-3-1-2-22-20(12-13-29-24(22)23)16-6-8-18(9-7-16)26(31)25-21(17-4-5-17)11-10-19-14-28-15-30(19)25/h1-3,10-18,26,31H,4-9H2/t16?,18?,26-/m1/s1. The van der Waals surface area contributed by atoms with Crippen LogP contribution in [-0.4, -0.2) is 19.5 Å². The molecule has 1 atom stereocenters. The minimum atomic E-state index is -0.485. The summed E-state index contributed by atoms with van der Waals surface area (Å²) in [6.07, 6.45) is 11.3. The fourth-order valence-corrected chi connectivity index (χ4v) is 5.57. The zero-order valence-electron chi connectivity index (χ0n) is 17.4. The summed E-state index contributed by atoms with van der Waals surface area (Å²) in [6.45, 7) is 0. The number of para-hydroxylation sites is 1. The molecular weight excluding hydrogens is 389 g/mol. The number of halogens is 1. The van der Waals surface area contributed by atoms with Gasteiger partial charge in [-0.05, 0) is 85.6 Å². The van der Waals surface area contributed by atoms with Crippen LogP contribution >= 0.6 is 0 Å². The largest absolute Gasteiger partial charge is 0.387 e. The van der Waals surface area contributed by atoms with E-state index < -0.39 is 6.10 Å². The Morgan fingerprint density at radius 2 is 1.71 bits per heavy atom. The maximum Gasteiger partial charge on any atom is 0.149 e. The van der Waals surface area contributed by atoms with Gasteiger partial charge in [0.15, 0.2) is 0 Å². The summed E-state index contributed by atoms with van der Waals surface area (Å²) >= 11 is 0. The van der Waals surface area contributed by atoms with E-state index in [0.29, 0.717) is 17.4 Å². The molecule has 0 saturated heterocycles. The van der Waals surface area contributed by atoms with E-state index in [0.717, 1.165) is 42.3 Å². The monoisotopic (exact) mass is 415 g/mol. The molecule has 5 heteroatoms. The number of aliphatic hydroxyl groups is 1. The van der Waals surface area contributed by atoms with Gasteiger partial charge in [0, 0.05) is 11.6 Å². The summed E-state index contributed by atoms with van der Waals surface area (Å²) < 4.78 is 16.3. The Labute approximate surface area is 180 Å². The molecule has 3 aromatic heterocycles. The fourth-order valence-electron chi connectivity index (χ4n) is 5.57. The molecule has 3 heterocycles. The lowest BCUT2D eigenvalue weighted by Crippen LogP contribution is -2.22. The molecule has 31 heavy (non-hydrogen) atoms. The van der Waals surface area contributed by atoms with Gasteiger partial charge in [-0.25, -0.2) is 9.37 Å². The van der Waals surface area contributed by atoms with Crippen molar-refractivity contribution in [3.8, 4) is 0 Å². The van der Waals surface area contributed by atoms with E-state index in [1.807, 2.05) is 24.7 Å². The highest BCUT2D eigenvalue weighted by Gasteiger charge is 2.34. The molecule has 0 amide bonds. The third-order valence-electron chi connectivity index (χ3n) is 7.37. The van der Waals surface area contributed by atoms with Crippen LogP contribution in [0.15, 0.2) is 55.1 Å². The van der Waals surface area contributed by atoms with Crippen molar-refractivity contribution < 1.29 is 9.50 Å².